The van der Waals surface area contributed by atoms with Crippen LogP contribution in [0.3, 0.4) is 0 Å². The van der Waals surface area contributed by atoms with Crippen LogP contribution in [-0.4, -0.2) is 40.8 Å². The summed E-state index contributed by atoms with van der Waals surface area (Å²) in [6.07, 6.45) is 8.61. The highest BCUT2D eigenvalue weighted by Crippen LogP contribution is 2.26. The van der Waals surface area contributed by atoms with E-state index in [1.807, 2.05) is 86.0 Å². The van der Waals surface area contributed by atoms with E-state index in [0.717, 1.165) is 40.4 Å². The Bertz CT molecular complexity index is 1230. The van der Waals surface area contributed by atoms with Gasteiger partial charge in [0.1, 0.15) is 18.2 Å². The van der Waals surface area contributed by atoms with Crippen LogP contribution in [0.25, 0.3) is 17.2 Å². The van der Waals surface area contributed by atoms with E-state index in [-0.39, 0.29) is 0 Å². The average molecular weight is 454 g/mol. The van der Waals surface area contributed by atoms with Gasteiger partial charge in [-0.2, -0.15) is 0 Å². The Hall–Kier alpha value is -4.32. The molecule has 0 aliphatic heterocycles. The second kappa shape index (κ2) is 11.0. The molecule has 0 aliphatic rings. The lowest BCUT2D eigenvalue weighted by atomic mass is 10.0. The van der Waals surface area contributed by atoms with E-state index in [4.69, 9.17) is 9.84 Å². The van der Waals surface area contributed by atoms with E-state index in [0.29, 0.717) is 13.2 Å². The smallest absolute Gasteiger partial charge is 0.328 e. The molecule has 0 saturated heterocycles. The molecule has 2 aromatic heterocycles. The van der Waals surface area contributed by atoms with Gasteiger partial charge in [-0.3, -0.25) is 0 Å². The summed E-state index contributed by atoms with van der Waals surface area (Å²) in [6, 6.07) is 23.9. The number of hydrogen-bond donors (Lipinski definition) is 1. The number of ether oxygens (including phenoxy) is 1. The lowest BCUT2D eigenvalue weighted by Crippen LogP contribution is -2.24. The van der Waals surface area contributed by atoms with E-state index in [1.165, 1.54) is 6.08 Å². The van der Waals surface area contributed by atoms with Crippen molar-refractivity contribution >= 4 is 17.9 Å². The van der Waals surface area contributed by atoms with E-state index in [2.05, 4.69) is 20.6 Å². The fourth-order valence-corrected chi connectivity index (χ4v) is 3.67. The molecule has 4 aromatic rings. The lowest BCUT2D eigenvalue weighted by molar-refractivity contribution is -0.131. The van der Waals surface area contributed by atoms with Gasteiger partial charge in [-0.1, -0.05) is 48.5 Å². The maximum absolute atomic E-state index is 11.0. The molecule has 172 valence electrons. The molecule has 0 amide bonds. The van der Waals surface area contributed by atoms with Crippen LogP contribution in [0, 0.1) is 0 Å². The number of rotatable bonds is 10. The van der Waals surface area contributed by atoms with Crippen LogP contribution in [0.5, 0.6) is 5.75 Å². The van der Waals surface area contributed by atoms with Crippen molar-refractivity contribution in [2.24, 2.45) is 0 Å². The Balaban J connectivity index is 1.39. The normalized spacial score (nSPS) is 11.0. The van der Waals surface area contributed by atoms with E-state index >= 15 is 0 Å². The number of aliphatic carboxylic acids is 1. The highest BCUT2D eigenvalue weighted by Gasteiger charge is 2.08. The Morgan fingerprint density at radius 3 is 2.50 bits per heavy atom. The highest BCUT2D eigenvalue weighted by molar-refractivity contribution is 5.87. The predicted molar refractivity (Wildman–Crippen MR) is 135 cm³/mol. The van der Waals surface area contributed by atoms with Crippen LogP contribution < -0.4 is 9.64 Å². The summed E-state index contributed by atoms with van der Waals surface area (Å²) >= 11 is 0. The number of anilines is 1. The highest BCUT2D eigenvalue weighted by atomic mass is 16.5. The molecule has 1 N–H and O–H groups in total. The van der Waals surface area contributed by atoms with E-state index in [9.17, 15) is 4.79 Å². The molecule has 0 unspecified atom stereocenters. The van der Waals surface area contributed by atoms with Crippen LogP contribution in [0.15, 0.2) is 97.5 Å². The summed E-state index contributed by atoms with van der Waals surface area (Å²) in [7, 11) is 2.00. The first-order chi connectivity index (χ1) is 16.6. The predicted octanol–water partition coefficient (Wildman–Crippen LogP) is 5.21. The molecule has 0 atom stereocenters. The molecule has 0 saturated carbocycles. The first-order valence-electron chi connectivity index (χ1n) is 11.1. The zero-order valence-electron chi connectivity index (χ0n) is 19.0. The van der Waals surface area contributed by atoms with Crippen molar-refractivity contribution in [2.45, 2.75) is 6.54 Å². The van der Waals surface area contributed by atoms with Gasteiger partial charge >= 0.3 is 5.97 Å². The van der Waals surface area contributed by atoms with Crippen LogP contribution in [0.1, 0.15) is 11.1 Å². The van der Waals surface area contributed by atoms with Gasteiger partial charge in [-0.05, 0) is 41.5 Å². The minimum Gasteiger partial charge on any atom is -0.492 e. The lowest BCUT2D eigenvalue weighted by Gasteiger charge is -2.18. The quantitative estimate of drug-likeness (QED) is 0.334. The summed E-state index contributed by atoms with van der Waals surface area (Å²) < 4.78 is 7.97. The van der Waals surface area contributed by atoms with Crippen LogP contribution in [-0.2, 0) is 11.3 Å². The average Bonchev–Trinajstić information content (AvgIpc) is 3.27. The topological polar surface area (TPSA) is 67.6 Å². The molecule has 2 aromatic carbocycles. The Morgan fingerprint density at radius 1 is 1.03 bits per heavy atom. The summed E-state index contributed by atoms with van der Waals surface area (Å²) in [4.78, 5) is 17.4. The third kappa shape index (κ3) is 6.13. The van der Waals surface area contributed by atoms with E-state index < -0.39 is 5.97 Å². The largest absolute Gasteiger partial charge is 0.492 e. The van der Waals surface area contributed by atoms with Crippen molar-refractivity contribution < 1.29 is 14.6 Å². The van der Waals surface area contributed by atoms with Crippen LogP contribution in [0.4, 0.5) is 5.82 Å². The van der Waals surface area contributed by atoms with Gasteiger partial charge in [0.25, 0.3) is 0 Å². The third-order valence-electron chi connectivity index (χ3n) is 5.43. The molecule has 0 fully saturated rings. The summed E-state index contributed by atoms with van der Waals surface area (Å²) in [5.74, 6) is 0.773. The van der Waals surface area contributed by atoms with Crippen LogP contribution >= 0.6 is 0 Å². The third-order valence-corrected chi connectivity index (χ3v) is 5.43. The number of aromatic nitrogens is 2. The fourth-order valence-electron chi connectivity index (χ4n) is 3.67. The minimum atomic E-state index is -0.964. The molecule has 2 heterocycles. The van der Waals surface area contributed by atoms with Crippen molar-refractivity contribution in [3.63, 3.8) is 0 Å². The molecule has 6 nitrogen and oxygen atoms in total. The summed E-state index contributed by atoms with van der Waals surface area (Å²) in [5, 5.41) is 9.04. The molecular weight excluding hydrogens is 426 g/mol. The molecule has 0 spiro atoms. The van der Waals surface area contributed by atoms with Crippen molar-refractivity contribution in [3.05, 3.63) is 109 Å². The van der Waals surface area contributed by atoms with Crippen molar-refractivity contribution in [1.29, 1.82) is 0 Å². The first-order valence-corrected chi connectivity index (χ1v) is 11.1. The zero-order chi connectivity index (χ0) is 23.8. The standard InChI is InChI=1S/C28H27N3O3/c1-30(27-9-5-6-16-29-27)17-18-34-25-13-10-22(11-14-25)19-31-20-24(12-15-28(32)33)26(21-31)23-7-3-2-4-8-23/h2-16,20-21H,17-19H2,1H3,(H,32,33). The van der Waals surface area contributed by atoms with Gasteiger partial charge in [0.05, 0.1) is 6.54 Å². The monoisotopic (exact) mass is 453 g/mol. The fraction of sp³-hybridized carbons (Fsp3) is 0.143. The SMILES string of the molecule is CN(CCOc1ccc(Cn2cc(C=CC(=O)O)c(-c3ccccc3)c2)cc1)c1ccccn1. The maximum Gasteiger partial charge on any atom is 0.328 e. The minimum absolute atomic E-state index is 0.559. The van der Waals surface area contributed by atoms with Crippen molar-refractivity contribution in [2.75, 3.05) is 25.1 Å². The number of carbonyl (C=O) groups is 1. The van der Waals surface area contributed by atoms with Gasteiger partial charge in [0, 0.05) is 49.4 Å². The van der Waals surface area contributed by atoms with E-state index in [1.54, 1.807) is 12.3 Å². The molecule has 0 radical (unpaired) electrons. The number of nitrogens with zero attached hydrogens (tertiary/aromatic N) is 3. The number of carboxylic acids is 1. The number of pyridine rings is 1. The Morgan fingerprint density at radius 2 is 1.79 bits per heavy atom. The molecule has 0 bridgehead atoms. The van der Waals surface area contributed by atoms with Gasteiger partial charge in [-0.25, -0.2) is 9.78 Å². The van der Waals surface area contributed by atoms with Crippen LogP contribution in [0.2, 0.25) is 0 Å². The molecule has 4 rings (SSSR count). The number of likely N-dealkylation sites (N-methyl/N-ethyl adjacent to an activating group) is 1. The number of hydrogen-bond acceptors (Lipinski definition) is 4. The summed E-state index contributed by atoms with van der Waals surface area (Å²) in [6.45, 7) is 1.96. The molecule has 0 aliphatic carbocycles. The molecule has 6 heteroatoms. The van der Waals surface area contributed by atoms with Gasteiger partial charge in [-0.15, -0.1) is 0 Å². The van der Waals surface area contributed by atoms with Gasteiger partial charge < -0.3 is 19.3 Å². The van der Waals surface area contributed by atoms with Crippen molar-refractivity contribution in [3.8, 4) is 16.9 Å². The maximum atomic E-state index is 11.0. The summed E-state index contributed by atoms with van der Waals surface area (Å²) in [5.41, 5.74) is 4.03. The van der Waals surface area contributed by atoms with Crippen molar-refractivity contribution in [1.82, 2.24) is 9.55 Å². The number of carboxylic acid groups (broad SMARTS) is 1. The molecule has 34 heavy (non-hydrogen) atoms. The Labute approximate surface area is 199 Å². The zero-order valence-corrected chi connectivity index (χ0v) is 19.0. The second-order valence-electron chi connectivity index (χ2n) is 7.94. The van der Waals surface area contributed by atoms with Gasteiger partial charge in [0.15, 0.2) is 0 Å². The number of benzene rings is 2. The second-order valence-corrected chi connectivity index (χ2v) is 7.94. The Kier molecular flexibility index (Phi) is 7.40. The molecular formula is C28H27N3O3. The van der Waals surface area contributed by atoms with Gasteiger partial charge in [0.2, 0.25) is 0 Å². The first kappa shape index (κ1) is 22.9.